The van der Waals surface area contributed by atoms with Crippen molar-refractivity contribution in [3.63, 3.8) is 0 Å². The van der Waals surface area contributed by atoms with E-state index in [-0.39, 0.29) is 47.0 Å². The molecule has 0 aromatic heterocycles. The first-order valence-corrected chi connectivity index (χ1v) is 12.2. The van der Waals surface area contributed by atoms with Crippen LogP contribution < -0.4 is 24.0 Å². The molecule has 0 saturated carbocycles. The van der Waals surface area contributed by atoms with Crippen molar-refractivity contribution in [2.75, 3.05) is 13.2 Å². The van der Waals surface area contributed by atoms with Gasteiger partial charge in [0.1, 0.15) is 0 Å². The van der Waals surface area contributed by atoms with Gasteiger partial charge in [0, 0.05) is 18.9 Å². The fraction of sp³-hybridized carbons (Fsp3) is 0.483. The maximum Gasteiger partial charge on any atom is 2.00 e. The second kappa shape index (κ2) is 20.3. The minimum absolute atomic E-state index is 0. The van der Waals surface area contributed by atoms with Gasteiger partial charge in [-0.05, 0) is 57.6 Å². The number of nitrogens with zero attached hydrogens (tertiary/aromatic N) is 2. The van der Waals surface area contributed by atoms with Crippen LogP contribution in [0.5, 0.6) is 0 Å². The molecule has 0 saturated heterocycles. The zero-order valence-corrected chi connectivity index (χ0v) is 26.2. The summed E-state index contributed by atoms with van der Waals surface area (Å²) in [5.74, 6) is 0. The summed E-state index contributed by atoms with van der Waals surface area (Å²) in [6.45, 7) is 18.6. The van der Waals surface area contributed by atoms with Crippen LogP contribution in [0.1, 0.15) is 77.6 Å². The molecule has 34 heavy (non-hydrogen) atoms. The van der Waals surface area contributed by atoms with Crippen LogP contribution in [0.4, 0.5) is 11.4 Å². The molecule has 0 aliphatic rings. The summed E-state index contributed by atoms with van der Waals surface area (Å²) >= 11 is 0. The maximum atomic E-state index is 4.95. The summed E-state index contributed by atoms with van der Waals surface area (Å²) in [7, 11) is 0. The Hall–Kier alpha value is -0.894. The maximum absolute atomic E-state index is 4.95. The van der Waals surface area contributed by atoms with Crippen LogP contribution in [0.3, 0.4) is 0 Å². The van der Waals surface area contributed by atoms with Crippen LogP contribution in [0.25, 0.3) is 5.32 Å². The molecule has 0 bridgehead atoms. The summed E-state index contributed by atoms with van der Waals surface area (Å²) in [5, 5.41) is 4.95. The first kappa shape index (κ1) is 35.3. The van der Waals surface area contributed by atoms with E-state index in [0.29, 0.717) is 0 Å². The molecule has 0 atom stereocenters. The Morgan fingerprint density at radius 1 is 0.765 bits per heavy atom. The molecule has 2 rings (SSSR count). The summed E-state index contributed by atoms with van der Waals surface area (Å²) in [6, 6.07) is 13.0. The van der Waals surface area contributed by atoms with Gasteiger partial charge in [-0.25, -0.2) is 0 Å². The van der Waals surface area contributed by atoms with Crippen LogP contribution in [0.2, 0.25) is 0 Å². The molecule has 0 unspecified atom stereocenters. The third-order valence-corrected chi connectivity index (χ3v) is 5.33. The van der Waals surface area contributed by atoms with E-state index in [1.165, 1.54) is 22.3 Å². The van der Waals surface area contributed by atoms with Crippen molar-refractivity contribution in [2.24, 2.45) is 4.99 Å². The Morgan fingerprint density at radius 3 is 1.53 bits per heavy atom. The minimum Gasteiger partial charge on any atom is -1.00 e. The van der Waals surface area contributed by atoms with Gasteiger partial charge < -0.3 is 34.0 Å². The number of rotatable bonds is 10. The Bertz CT molecular complexity index is 847. The number of aryl methyl sites for hydroxylation is 4. The molecule has 2 aromatic rings. The smallest absolute Gasteiger partial charge is 1.00 e. The van der Waals surface area contributed by atoms with E-state index in [4.69, 9.17) is 15.0 Å². The Labute approximate surface area is 242 Å². The summed E-state index contributed by atoms with van der Waals surface area (Å²) < 4.78 is 4.83. The van der Waals surface area contributed by atoms with Crippen molar-refractivity contribution >= 4 is 40.1 Å². The SMILES string of the molecule is CCOCC.CCc1cccc(CC)c1N=C(C)/C=C(/C)[N-]c1c(CC)cccc1CC.[I-].[Mg+2]. The monoisotopic (exact) mass is 586 g/mol. The number of ether oxygens (including phenoxy) is 1. The number of aliphatic imine (C=N–C) groups is 1. The minimum atomic E-state index is 0. The number of benzene rings is 2. The van der Waals surface area contributed by atoms with Crippen molar-refractivity contribution in [3.8, 4) is 0 Å². The molecular formula is C29H43IMgN2O. The first-order chi connectivity index (χ1) is 15.4. The van der Waals surface area contributed by atoms with Gasteiger partial charge in [-0.15, -0.1) is 5.69 Å². The van der Waals surface area contributed by atoms with Gasteiger partial charge in [0.05, 0.1) is 5.69 Å². The average Bonchev–Trinajstić information content (AvgIpc) is 2.80. The van der Waals surface area contributed by atoms with Gasteiger partial charge in [0.25, 0.3) is 0 Å². The van der Waals surface area contributed by atoms with Crippen LogP contribution >= 0.6 is 0 Å². The van der Waals surface area contributed by atoms with Crippen molar-refractivity contribution in [1.82, 2.24) is 0 Å². The van der Waals surface area contributed by atoms with Crippen molar-refractivity contribution in [3.05, 3.63) is 75.7 Å². The predicted octanol–water partition coefficient (Wildman–Crippen LogP) is 5.30. The van der Waals surface area contributed by atoms with Gasteiger partial charge in [0.15, 0.2) is 0 Å². The fourth-order valence-electron chi connectivity index (χ4n) is 3.64. The van der Waals surface area contributed by atoms with Gasteiger partial charge in [-0.3, -0.25) is 4.99 Å². The van der Waals surface area contributed by atoms with Crippen molar-refractivity contribution in [1.29, 1.82) is 0 Å². The van der Waals surface area contributed by atoms with E-state index in [1.54, 1.807) is 0 Å². The Morgan fingerprint density at radius 2 is 1.18 bits per heavy atom. The molecule has 0 fully saturated rings. The van der Waals surface area contributed by atoms with Gasteiger partial charge in [0.2, 0.25) is 0 Å². The summed E-state index contributed by atoms with van der Waals surface area (Å²) in [6.07, 6.45) is 6.08. The number of hydrogen-bond acceptors (Lipinski definition) is 2. The molecule has 0 heterocycles. The molecule has 3 nitrogen and oxygen atoms in total. The zero-order chi connectivity index (χ0) is 23.9. The van der Waals surface area contributed by atoms with Gasteiger partial charge in [-0.1, -0.05) is 88.2 Å². The predicted molar refractivity (Wildman–Crippen MR) is 148 cm³/mol. The van der Waals surface area contributed by atoms with Crippen LogP contribution in [0.15, 0.2) is 53.2 Å². The molecule has 0 spiro atoms. The van der Waals surface area contributed by atoms with E-state index >= 15 is 0 Å². The zero-order valence-electron chi connectivity index (χ0n) is 22.7. The number of allylic oxidation sites excluding steroid dienone is 2. The second-order valence-corrected chi connectivity index (χ2v) is 7.70. The molecule has 0 aliphatic carbocycles. The van der Waals surface area contributed by atoms with Crippen LogP contribution in [-0.4, -0.2) is 42.0 Å². The number of para-hydroxylation sites is 2. The average molecular weight is 587 g/mol. The molecular weight excluding hydrogens is 544 g/mol. The summed E-state index contributed by atoms with van der Waals surface area (Å²) in [4.78, 5) is 4.95. The Kier molecular flexibility index (Phi) is 21.1. The van der Waals surface area contributed by atoms with E-state index in [9.17, 15) is 0 Å². The molecule has 5 heteroatoms. The van der Waals surface area contributed by atoms with Crippen LogP contribution in [0, 0.1) is 0 Å². The molecule has 0 radical (unpaired) electrons. The quantitative estimate of drug-likeness (QED) is 0.211. The molecule has 2 aromatic carbocycles. The normalized spacial score (nSPS) is 11.1. The van der Waals surface area contributed by atoms with E-state index in [0.717, 1.165) is 61.7 Å². The number of halogens is 1. The van der Waals surface area contributed by atoms with E-state index in [1.807, 2.05) is 13.8 Å². The molecule has 0 aliphatic heterocycles. The van der Waals surface area contributed by atoms with Crippen molar-refractivity contribution < 1.29 is 28.7 Å². The number of hydrogen-bond donors (Lipinski definition) is 0. The van der Waals surface area contributed by atoms with E-state index < -0.39 is 0 Å². The largest absolute Gasteiger partial charge is 2.00 e. The van der Waals surface area contributed by atoms with Crippen molar-refractivity contribution in [2.45, 2.75) is 81.1 Å². The topological polar surface area (TPSA) is 35.7 Å². The Balaban J connectivity index is 0. The first-order valence-electron chi connectivity index (χ1n) is 12.2. The second-order valence-electron chi connectivity index (χ2n) is 7.70. The van der Waals surface area contributed by atoms with Gasteiger partial charge >= 0.3 is 23.1 Å². The third kappa shape index (κ3) is 11.7. The standard InChI is InChI=1S/C25H33N2.C4H10O.HI.Mg/c1-7-20-13-11-14-21(8-2)24(20)26-18(5)17-19(6)27-25-22(9-3)15-12-16-23(25)10-4;1-3-5-4-2;;/h11-17H,7-10H2,1-6H3;3-4H2,1-2H3;1H;/q-1;;;+2/p-1/b18-17-,27-19?;;;. The fourth-order valence-corrected chi connectivity index (χ4v) is 3.64. The molecule has 0 N–H and O–H groups in total. The van der Waals surface area contributed by atoms with Crippen LogP contribution in [-0.2, 0) is 30.4 Å². The third-order valence-electron chi connectivity index (χ3n) is 5.33. The summed E-state index contributed by atoms with van der Waals surface area (Å²) in [5.41, 5.74) is 9.49. The van der Waals surface area contributed by atoms with Gasteiger partial charge in [-0.2, -0.15) is 5.70 Å². The molecule has 184 valence electrons. The van der Waals surface area contributed by atoms with E-state index in [2.05, 4.69) is 84.0 Å². The molecule has 0 amide bonds.